The molecule has 1 amide bonds. The summed E-state index contributed by atoms with van der Waals surface area (Å²) in [6.45, 7) is 6.63. The van der Waals surface area contributed by atoms with Crippen molar-refractivity contribution < 1.29 is 9.53 Å². The van der Waals surface area contributed by atoms with Crippen molar-refractivity contribution in [2.24, 2.45) is 0 Å². The van der Waals surface area contributed by atoms with Gasteiger partial charge >= 0.3 is 0 Å². The Kier molecular flexibility index (Phi) is 7.31. The maximum atomic E-state index is 12.2. The van der Waals surface area contributed by atoms with Crippen LogP contribution in [0, 0.1) is 11.8 Å². The van der Waals surface area contributed by atoms with Crippen LogP contribution in [0.1, 0.15) is 17.3 Å². The predicted octanol–water partition coefficient (Wildman–Crippen LogP) is 1.86. The number of morpholine rings is 1. The number of ether oxygens (including phenoxy) is 1. The van der Waals surface area contributed by atoms with Gasteiger partial charge in [0.05, 0.1) is 31.9 Å². The lowest BCUT2D eigenvalue weighted by Crippen LogP contribution is -2.36. The van der Waals surface area contributed by atoms with E-state index >= 15 is 0 Å². The van der Waals surface area contributed by atoms with Gasteiger partial charge in [0.2, 0.25) is 0 Å². The summed E-state index contributed by atoms with van der Waals surface area (Å²) in [6, 6.07) is 7.68. The minimum absolute atomic E-state index is 0.0581. The summed E-state index contributed by atoms with van der Waals surface area (Å²) < 4.78 is 5.29. The molecule has 1 aliphatic heterocycles. The Labute approximate surface area is 136 Å². The molecule has 1 aromatic carbocycles. The van der Waals surface area contributed by atoms with Gasteiger partial charge in [-0.1, -0.05) is 30.9 Å². The molecule has 1 aliphatic rings. The molecule has 4 nitrogen and oxygen atoms in total. The highest BCUT2D eigenvalue weighted by Gasteiger charge is 2.10. The number of nitrogens with zero attached hydrogens (tertiary/aromatic N) is 1. The summed E-state index contributed by atoms with van der Waals surface area (Å²) in [6.07, 6.45) is 0. The molecule has 118 valence electrons. The number of hydrogen-bond acceptors (Lipinski definition) is 4. The summed E-state index contributed by atoms with van der Waals surface area (Å²) in [5.41, 5.74) is 0.726. The summed E-state index contributed by atoms with van der Waals surface area (Å²) in [7, 11) is 0. The Morgan fingerprint density at radius 3 is 2.86 bits per heavy atom. The van der Waals surface area contributed by atoms with E-state index in [0.29, 0.717) is 6.54 Å². The highest BCUT2D eigenvalue weighted by Crippen LogP contribution is 2.21. The molecule has 0 aromatic heterocycles. The van der Waals surface area contributed by atoms with Crippen LogP contribution in [0.3, 0.4) is 0 Å². The monoisotopic (exact) mass is 318 g/mol. The molecule has 2 rings (SSSR count). The molecule has 0 radical (unpaired) electrons. The normalized spacial score (nSPS) is 15.0. The Balaban J connectivity index is 1.78. The molecule has 1 N–H and O–H groups in total. The van der Waals surface area contributed by atoms with E-state index in [1.165, 1.54) is 0 Å². The van der Waals surface area contributed by atoms with E-state index < -0.39 is 0 Å². The topological polar surface area (TPSA) is 41.6 Å². The Bertz CT molecular complexity index is 545. The quantitative estimate of drug-likeness (QED) is 0.665. The Morgan fingerprint density at radius 2 is 2.09 bits per heavy atom. The SMILES string of the molecule is CCSc1ccccc1C(=O)NCC#CCN1CCOCC1. The van der Waals surface area contributed by atoms with Gasteiger partial charge in [-0.3, -0.25) is 9.69 Å². The number of carbonyl (C=O) groups excluding carboxylic acids is 1. The molecular weight excluding hydrogens is 296 g/mol. The molecule has 0 aliphatic carbocycles. The summed E-state index contributed by atoms with van der Waals surface area (Å²) in [5.74, 6) is 7.01. The fourth-order valence-corrected chi connectivity index (χ4v) is 2.95. The number of amides is 1. The molecule has 0 spiro atoms. The van der Waals surface area contributed by atoms with Crippen LogP contribution >= 0.6 is 11.8 Å². The lowest BCUT2D eigenvalue weighted by Gasteiger charge is -2.24. The van der Waals surface area contributed by atoms with Crippen LogP contribution in [0.2, 0.25) is 0 Å². The van der Waals surface area contributed by atoms with Gasteiger partial charge in [-0.25, -0.2) is 0 Å². The Morgan fingerprint density at radius 1 is 1.32 bits per heavy atom. The molecule has 1 fully saturated rings. The van der Waals surface area contributed by atoms with E-state index in [2.05, 4.69) is 29.0 Å². The largest absolute Gasteiger partial charge is 0.379 e. The molecule has 0 unspecified atom stereocenters. The van der Waals surface area contributed by atoms with Gasteiger partial charge in [0, 0.05) is 18.0 Å². The molecule has 0 bridgehead atoms. The smallest absolute Gasteiger partial charge is 0.253 e. The summed E-state index contributed by atoms with van der Waals surface area (Å²) in [4.78, 5) is 15.5. The van der Waals surface area contributed by atoms with Gasteiger partial charge in [0.1, 0.15) is 0 Å². The molecule has 1 heterocycles. The van der Waals surface area contributed by atoms with Crippen molar-refractivity contribution in [2.45, 2.75) is 11.8 Å². The van der Waals surface area contributed by atoms with Crippen LogP contribution in [0.25, 0.3) is 0 Å². The maximum absolute atomic E-state index is 12.2. The van der Waals surface area contributed by atoms with Gasteiger partial charge in [0.15, 0.2) is 0 Å². The van der Waals surface area contributed by atoms with E-state index in [1.54, 1.807) is 11.8 Å². The fourth-order valence-electron chi connectivity index (χ4n) is 2.14. The first kappa shape index (κ1) is 16.9. The van der Waals surface area contributed by atoms with Gasteiger partial charge in [-0.2, -0.15) is 0 Å². The molecule has 5 heteroatoms. The second kappa shape index (κ2) is 9.52. The standard InChI is InChI=1S/C17H22N2O2S/c1-2-22-16-8-4-3-7-15(16)17(20)18-9-5-6-10-19-11-13-21-14-12-19/h3-4,7-8H,2,9-14H2,1H3,(H,18,20). The number of nitrogens with one attached hydrogen (secondary N) is 1. The third-order valence-electron chi connectivity index (χ3n) is 3.30. The van der Waals surface area contributed by atoms with Crippen molar-refractivity contribution in [3.05, 3.63) is 29.8 Å². The van der Waals surface area contributed by atoms with Crippen LogP contribution in [-0.2, 0) is 4.74 Å². The van der Waals surface area contributed by atoms with Crippen LogP contribution in [0.4, 0.5) is 0 Å². The first-order valence-electron chi connectivity index (χ1n) is 7.57. The first-order chi connectivity index (χ1) is 10.8. The van der Waals surface area contributed by atoms with Gasteiger partial charge in [-0.15, -0.1) is 11.8 Å². The second-order valence-corrected chi connectivity index (χ2v) is 6.16. The summed E-state index contributed by atoms with van der Waals surface area (Å²) >= 11 is 1.68. The molecule has 0 atom stereocenters. The fraction of sp³-hybridized carbons (Fsp3) is 0.471. The molecule has 22 heavy (non-hydrogen) atoms. The van der Waals surface area contributed by atoms with Gasteiger partial charge in [-0.05, 0) is 17.9 Å². The minimum Gasteiger partial charge on any atom is -0.379 e. The zero-order valence-electron chi connectivity index (χ0n) is 12.9. The zero-order chi connectivity index (χ0) is 15.6. The molecule has 0 saturated carbocycles. The van der Waals surface area contributed by atoms with Crippen molar-refractivity contribution in [3.63, 3.8) is 0 Å². The number of benzene rings is 1. The average molecular weight is 318 g/mol. The van der Waals surface area contributed by atoms with E-state index in [-0.39, 0.29) is 5.91 Å². The number of rotatable bonds is 5. The lowest BCUT2D eigenvalue weighted by atomic mass is 10.2. The van der Waals surface area contributed by atoms with E-state index in [9.17, 15) is 4.79 Å². The highest BCUT2D eigenvalue weighted by atomic mass is 32.2. The highest BCUT2D eigenvalue weighted by molar-refractivity contribution is 7.99. The van der Waals surface area contributed by atoms with E-state index in [1.807, 2.05) is 24.3 Å². The van der Waals surface area contributed by atoms with E-state index in [0.717, 1.165) is 49.1 Å². The van der Waals surface area contributed by atoms with Crippen LogP contribution in [0.15, 0.2) is 29.2 Å². The summed E-state index contributed by atoms with van der Waals surface area (Å²) in [5, 5.41) is 2.87. The molecule has 1 aromatic rings. The van der Waals surface area contributed by atoms with Gasteiger partial charge in [0.25, 0.3) is 5.91 Å². The average Bonchev–Trinajstić information content (AvgIpc) is 2.56. The number of carbonyl (C=O) groups is 1. The molecular formula is C17H22N2O2S. The van der Waals surface area contributed by atoms with Crippen LogP contribution in [-0.4, -0.2) is 56.0 Å². The number of thioether (sulfide) groups is 1. The zero-order valence-corrected chi connectivity index (χ0v) is 13.7. The molecule has 1 saturated heterocycles. The Hall–Kier alpha value is -1.48. The van der Waals surface area contributed by atoms with Crippen molar-refractivity contribution >= 4 is 17.7 Å². The minimum atomic E-state index is -0.0581. The lowest BCUT2D eigenvalue weighted by molar-refractivity contribution is 0.0443. The van der Waals surface area contributed by atoms with Gasteiger partial charge < -0.3 is 10.1 Å². The third kappa shape index (κ3) is 5.38. The first-order valence-corrected chi connectivity index (χ1v) is 8.55. The van der Waals surface area contributed by atoms with E-state index in [4.69, 9.17) is 4.74 Å². The third-order valence-corrected chi connectivity index (χ3v) is 4.26. The maximum Gasteiger partial charge on any atom is 0.253 e. The second-order valence-electron chi connectivity index (χ2n) is 4.85. The van der Waals surface area contributed by atoms with Crippen LogP contribution < -0.4 is 5.32 Å². The number of hydrogen-bond donors (Lipinski definition) is 1. The van der Waals surface area contributed by atoms with Crippen molar-refractivity contribution in [1.82, 2.24) is 10.2 Å². The van der Waals surface area contributed by atoms with Crippen LogP contribution in [0.5, 0.6) is 0 Å². The van der Waals surface area contributed by atoms with Crippen molar-refractivity contribution in [1.29, 1.82) is 0 Å². The predicted molar refractivity (Wildman–Crippen MR) is 90.2 cm³/mol. The van der Waals surface area contributed by atoms with Crippen molar-refractivity contribution in [3.8, 4) is 11.8 Å². The van der Waals surface area contributed by atoms with Crippen molar-refractivity contribution in [2.75, 3.05) is 45.1 Å².